The Bertz CT molecular complexity index is 1240. The third kappa shape index (κ3) is 4.87. The van der Waals surface area contributed by atoms with E-state index in [0.717, 1.165) is 18.2 Å². The van der Waals surface area contributed by atoms with Crippen molar-refractivity contribution in [2.75, 3.05) is 31.1 Å². The molecule has 0 radical (unpaired) electrons. The number of aromatic nitrogens is 1. The summed E-state index contributed by atoms with van der Waals surface area (Å²) in [6, 6.07) is 7.52. The summed E-state index contributed by atoms with van der Waals surface area (Å²) in [4.78, 5) is 33.3. The molecule has 182 valence electrons. The van der Waals surface area contributed by atoms with Crippen LogP contribution in [-0.2, 0) is 4.79 Å². The molecule has 0 aliphatic carbocycles. The first-order valence-corrected chi connectivity index (χ1v) is 11.0. The van der Waals surface area contributed by atoms with Gasteiger partial charge in [-0.25, -0.2) is 8.78 Å². The number of halogens is 2. The Morgan fingerprint density at radius 3 is 2.37 bits per heavy atom. The predicted molar refractivity (Wildman–Crippen MR) is 120 cm³/mol. The highest BCUT2D eigenvalue weighted by molar-refractivity contribution is 5.98. The van der Waals surface area contributed by atoms with Gasteiger partial charge < -0.3 is 24.0 Å². The average Bonchev–Trinajstić information content (AvgIpc) is 3.52. The lowest BCUT2D eigenvalue weighted by atomic mass is 10.0. The van der Waals surface area contributed by atoms with E-state index in [2.05, 4.69) is 10.3 Å². The second-order valence-corrected chi connectivity index (χ2v) is 8.37. The first-order chi connectivity index (χ1) is 16.8. The van der Waals surface area contributed by atoms with Gasteiger partial charge in [0, 0.05) is 26.2 Å². The van der Waals surface area contributed by atoms with Gasteiger partial charge in [-0.2, -0.15) is 10.2 Å². The number of hydrogen-bond donors (Lipinski definition) is 1. The molecule has 1 aliphatic heterocycles. The first-order valence-electron chi connectivity index (χ1n) is 11.0. The minimum absolute atomic E-state index is 0.107. The van der Waals surface area contributed by atoms with Crippen LogP contribution >= 0.6 is 0 Å². The number of carbonyl (C=O) groups is 2. The van der Waals surface area contributed by atoms with Gasteiger partial charge in [0.2, 0.25) is 17.5 Å². The number of nitriles is 1. The van der Waals surface area contributed by atoms with Gasteiger partial charge in [-0.15, -0.1) is 0 Å². The van der Waals surface area contributed by atoms with Crippen LogP contribution in [0.25, 0.3) is 11.7 Å². The maximum atomic E-state index is 14.0. The molecule has 0 saturated carbocycles. The van der Waals surface area contributed by atoms with Gasteiger partial charge in [0.25, 0.3) is 11.8 Å². The molecule has 1 N–H and O–H groups in total. The van der Waals surface area contributed by atoms with Crippen molar-refractivity contribution in [1.82, 2.24) is 15.2 Å². The number of oxazole rings is 1. The highest BCUT2D eigenvalue weighted by Crippen LogP contribution is 2.29. The second kappa shape index (κ2) is 9.97. The maximum absolute atomic E-state index is 14.0. The molecular formula is C24H23F2N5O4. The third-order valence-electron chi connectivity index (χ3n) is 5.73. The summed E-state index contributed by atoms with van der Waals surface area (Å²) in [5, 5.41) is 11.9. The SMILES string of the molecule is CC(C)[C@H](NC(=O)c1c(F)cccc1F)C(=O)N1CCN(c2oc(-c3ccco3)nc2C#N)CC1. The van der Waals surface area contributed by atoms with E-state index in [1.165, 1.54) is 6.26 Å². The van der Waals surface area contributed by atoms with E-state index in [9.17, 15) is 23.6 Å². The molecule has 2 aromatic heterocycles. The number of amides is 2. The zero-order chi connectivity index (χ0) is 25.1. The van der Waals surface area contributed by atoms with E-state index in [1.807, 2.05) is 6.07 Å². The number of benzene rings is 1. The van der Waals surface area contributed by atoms with Crippen molar-refractivity contribution < 1.29 is 27.2 Å². The number of rotatable bonds is 6. The van der Waals surface area contributed by atoms with E-state index in [0.29, 0.717) is 18.8 Å². The van der Waals surface area contributed by atoms with E-state index in [-0.39, 0.29) is 42.4 Å². The summed E-state index contributed by atoms with van der Waals surface area (Å²) >= 11 is 0. The molecule has 1 aliphatic rings. The van der Waals surface area contributed by atoms with Gasteiger partial charge in [0.05, 0.1) is 6.26 Å². The van der Waals surface area contributed by atoms with Gasteiger partial charge in [-0.05, 0) is 30.2 Å². The molecule has 0 unspecified atom stereocenters. The molecule has 0 spiro atoms. The smallest absolute Gasteiger partial charge is 0.266 e. The molecule has 1 saturated heterocycles. The Morgan fingerprint density at radius 2 is 1.80 bits per heavy atom. The molecule has 35 heavy (non-hydrogen) atoms. The first kappa shape index (κ1) is 23.9. The minimum atomic E-state index is -1.000. The summed E-state index contributed by atoms with van der Waals surface area (Å²) in [7, 11) is 0. The molecule has 11 heteroatoms. The minimum Gasteiger partial charge on any atom is -0.459 e. The largest absolute Gasteiger partial charge is 0.459 e. The standard InChI is InChI=1S/C24H23F2N5O4/c1-14(2)20(29-21(32)19-15(25)5-3-6-16(19)26)23(33)30-8-10-31(11-9-30)24-17(13-27)28-22(35-24)18-7-4-12-34-18/h3-7,12,14,20H,8-11H2,1-2H3,(H,29,32)/t20-/m0/s1. The van der Waals surface area contributed by atoms with Crippen LogP contribution in [0.4, 0.5) is 14.7 Å². The normalized spacial score (nSPS) is 14.6. The lowest BCUT2D eigenvalue weighted by Crippen LogP contribution is -2.56. The molecule has 0 bridgehead atoms. The van der Waals surface area contributed by atoms with E-state index in [1.54, 1.807) is 35.8 Å². The number of nitrogens with one attached hydrogen (secondary N) is 1. The Balaban J connectivity index is 1.44. The van der Waals surface area contributed by atoms with Gasteiger partial charge in [0.15, 0.2) is 5.76 Å². The lowest BCUT2D eigenvalue weighted by molar-refractivity contribution is -0.134. The Kier molecular flexibility index (Phi) is 6.82. The second-order valence-electron chi connectivity index (χ2n) is 8.37. The summed E-state index contributed by atoms with van der Waals surface area (Å²) in [6.45, 7) is 4.75. The van der Waals surface area contributed by atoms with Gasteiger partial charge >= 0.3 is 0 Å². The Hall–Kier alpha value is -4.20. The fourth-order valence-electron chi connectivity index (χ4n) is 3.87. The van der Waals surface area contributed by atoms with Crippen molar-refractivity contribution in [3.8, 4) is 17.7 Å². The highest BCUT2D eigenvalue weighted by atomic mass is 19.1. The van der Waals surface area contributed by atoms with E-state index in [4.69, 9.17) is 8.83 Å². The molecule has 4 rings (SSSR count). The monoisotopic (exact) mass is 483 g/mol. The number of carbonyl (C=O) groups excluding carboxylic acids is 2. The number of furan rings is 1. The van der Waals surface area contributed by atoms with Crippen LogP contribution in [0.2, 0.25) is 0 Å². The zero-order valence-corrected chi connectivity index (χ0v) is 19.1. The third-order valence-corrected chi connectivity index (χ3v) is 5.73. The predicted octanol–water partition coefficient (Wildman–Crippen LogP) is 3.19. The summed E-state index contributed by atoms with van der Waals surface area (Å²) in [6.07, 6.45) is 1.47. The molecule has 9 nitrogen and oxygen atoms in total. The van der Waals surface area contributed by atoms with E-state index < -0.39 is 29.1 Å². The van der Waals surface area contributed by atoms with Crippen LogP contribution in [0.15, 0.2) is 45.4 Å². The van der Waals surface area contributed by atoms with Crippen LogP contribution in [-0.4, -0.2) is 53.9 Å². The highest BCUT2D eigenvalue weighted by Gasteiger charge is 2.33. The van der Waals surface area contributed by atoms with Crippen LogP contribution in [0.1, 0.15) is 29.9 Å². The zero-order valence-electron chi connectivity index (χ0n) is 19.1. The molecule has 1 fully saturated rings. The lowest BCUT2D eigenvalue weighted by Gasteiger charge is -2.37. The molecular weight excluding hydrogens is 460 g/mol. The number of hydrogen-bond acceptors (Lipinski definition) is 7. The quantitative estimate of drug-likeness (QED) is 0.573. The number of anilines is 1. The summed E-state index contributed by atoms with van der Waals surface area (Å²) in [5.41, 5.74) is -0.618. The Labute approximate surface area is 199 Å². The van der Waals surface area contributed by atoms with Crippen molar-refractivity contribution in [2.24, 2.45) is 5.92 Å². The van der Waals surface area contributed by atoms with Crippen LogP contribution < -0.4 is 10.2 Å². The molecule has 3 aromatic rings. The van der Waals surface area contributed by atoms with Crippen molar-refractivity contribution in [3.05, 3.63) is 59.5 Å². The topological polar surface area (TPSA) is 116 Å². The number of piperazine rings is 1. The van der Waals surface area contributed by atoms with Crippen molar-refractivity contribution in [3.63, 3.8) is 0 Å². The van der Waals surface area contributed by atoms with E-state index >= 15 is 0 Å². The van der Waals surface area contributed by atoms with Crippen LogP contribution in [0.3, 0.4) is 0 Å². The van der Waals surface area contributed by atoms with Crippen LogP contribution in [0, 0.1) is 28.9 Å². The van der Waals surface area contributed by atoms with Crippen molar-refractivity contribution in [2.45, 2.75) is 19.9 Å². The molecule has 1 atom stereocenters. The van der Waals surface area contributed by atoms with Gasteiger partial charge in [-0.3, -0.25) is 9.59 Å². The van der Waals surface area contributed by atoms with Gasteiger partial charge in [-0.1, -0.05) is 19.9 Å². The Morgan fingerprint density at radius 1 is 1.11 bits per heavy atom. The maximum Gasteiger partial charge on any atom is 0.266 e. The van der Waals surface area contributed by atoms with Crippen molar-refractivity contribution >= 4 is 17.7 Å². The summed E-state index contributed by atoms with van der Waals surface area (Å²) in [5.74, 6) is -2.81. The van der Waals surface area contributed by atoms with Crippen molar-refractivity contribution in [1.29, 1.82) is 5.26 Å². The molecule has 3 heterocycles. The fourth-order valence-corrected chi connectivity index (χ4v) is 3.87. The average molecular weight is 483 g/mol. The fraction of sp³-hybridized carbons (Fsp3) is 0.333. The number of nitrogens with zero attached hydrogens (tertiary/aromatic N) is 4. The molecule has 2 amide bonds. The molecule has 1 aromatic carbocycles. The van der Waals surface area contributed by atoms with Gasteiger partial charge in [0.1, 0.15) is 29.3 Å². The summed E-state index contributed by atoms with van der Waals surface area (Å²) < 4.78 is 39.1. The van der Waals surface area contributed by atoms with Crippen LogP contribution in [0.5, 0.6) is 0 Å².